The van der Waals surface area contributed by atoms with Gasteiger partial charge in [-0.15, -0.1) is 0 Å². The summed E-state index contributed by atoms with van der Waals surface area (Å²) in [6, 6.07) is 12.5. The lowest BCUT2D eigenvalue weighted by Gasteiger charge is -2.32. The van der Waals surface area contributed by atoms with Crippen molar-refractivity contribution in [3.05, 3.63) is 59.2 Å². The van der Waals surface area contributed by atoms with Gasteiger partial charge in [0.15, 0.2) is 0 Å². The van der Waals surface area contributed by atoms with Gasteiger partial charge in [-0.3, -0.25) is 9.59 Å². The van der Waals surface area contributed by atoms with Crippen LogP contribution in [0, 0.1) is 5.92 Å². The van der Waals surface area contributed by atoms with Crippen LogP contribution in [-0.4, -0.2) is 35.9 Å². The lowest BCUT2D eigenvalue weighted by molar-refractivity contribution is -0.139. The number of nitrogens with one attached hydrogen (secondary N) is 1. The Labute approximate surface area is 175 Å². The van der Waals surface area contributed by atoms with Crippen LogP contribution in [0.3, 0.4) is 0 Å². The maximum atomic E-state index is 12.6. The van der Waals surface area contributed by atoms with Gasteiger partial charge in [0, 0.05) is 17.2 Å². The summed E-state index contributed by atoms with van der Waals surface area (Å²) in [5, 5.41) is 15.9. The molecule has 0 bridgehead atoms. The number of hydrogen-bond donors (Lipinski definition) is 2. The molecule has 0 radical (unpaired) electrons. The number of ether oxygens (including phenoxy) is 1. The second-order valence-corrected chi connectivity index (χ2v) is 7.18. The number of oxime groups is 1. The zero-order valence-corrected chi connectivity index (χ0v) is 17.1. The van der Waals surface area contributed by atoms with Crippen LogP contribution >= 0.6 is 0 Å². The van der Waals surface area contributed by atoms with E-state index in [4.69, 9.17) is 9.57 Å². The Morgan fingerprint density at radius 2 is 2.00 bits per heavy atom. The highest BCUT2D eigenvalue weighted by molar-refractivity contribution is 6.04. The normalized spacial score (nSPS) is 17.8. The van der Waals surface area contributed by atoms with Crippen molar-refractivity contribution >= 4 is 23.8 Å². The predicted molar refractivity (Wildman–Crippen MR) is 114 cm³/mol. The molecule has 0 saturated heterocycles. The molecule has 1 amide bonds. The highest BCUT2D eigenvalue weighted by atomic mass is 16.6. The molecule has 1 aliphatic rings. The van der Waals surface area contributed by atoms with Gasteiger partial charge in [0.05, 0.1) is 12.6 Å². The van der Waals surface area contributed by atoms with E-state index >= 15 is 0 Å². The summed E-state index contributed by atoms with van der Waals surface area (Å²) in [4.78, 5) is 28.7. The molecule has 0 fully saturated rings. The molecule has 158 valence electrons. The van der Waals surface area contributed by atoms with E-state index in [0.29, 0.717) is 24.3 Å². The van der Waals surface area contributed by atoms with Gasteiger partial charge < -0.3 is 20.0 Å². The molecule has 2 unspecified atom stereocenters. The minimum absolute atomic E-state index is 0.0630. The Hall–Kier alpha value is -3.35. The number of carboxylic acids is 1. The highest BCUT2D eigenvalue weighted by Crippen LogP contribution is 2.35. The number of carbonyl (C=O) groups is 2. The maximum Gasteiger partial charge on any atom is 0.303 e. The molecule has 0 aromatic heterocycles. The van der Waals surface area contributed by atoms with Gasteiger partial charge in [-0.1, -0.05) is 24.2 Å². The Morgan fingerprint density at radius 1 is 1.23 bits per heavy atom. The van der Waals surface area contributed by atoms with E-state index in [0.717, 1.165) is 23.3 Å². The number of amides is 1. The average molecular weight is 410 g/mol. The van der Waals surface area contributed by atoms with Gasteiger partial charge in [0.1, 0.15) is 18.5 Å². The second kappa shape index (κ2) is 9.91. The van der Waals surface area contributed by atoms with E-state index < -0.39 is 5.97 Å². The van der Waals surface area contributed by atoms with Crippen molar-refractivity contribution in [1.29, 1.82) is 0 Å². The first-order valence-electron chi connectivity index (χ1n) is 10.1. The van der Waals surface area contributed by atoms with Crippen molar-refractivity contribution in [1.82, 2.24) is 0 Å². The third kappa shape index (κ3) is 5.37. The number of rotatable bonds is 8. The zero-order valence-electron chi connectivity index (χ0n) is 17.1. The molecule has 1 heterocycles. The fourth-order valence-electron chi connectivity index (χ4n) is 3.55. The standard InChI is InChI=1S/C23H26N2O5/c1-3-20-18(13-22(26)27)11-17-12-19(9-10-21(17)30-20)25-23(28)16-7-5-15(6-8-16)14-24-29-4-2/h5-10,12,14,18,20H,3-4,11,13H2,1-2H3,(H,25,28)(H,26,27). The summed E-state index contributed by atoms with van der Waals surface area (Å²) in [6.45, 7) is 4.35. The third-order valence-corrected chi connectivity index (χ3v) is 5.02. The van der Waals surface area contributed by atoms with Gasteiger partial charge in [-0.05, 0) is 61.2 Å². The SMILES string of the molecule is CCON=Cc1ccc(C(=O)Nc2ccc3c(c2)CC(CC(=O)O)C(CC)O3)cc1. The van der Waals surface area contributed by atoms with E-state index in [-0.39, 0.29) is 24.3 Å². The van der Waals surface area contributed by atoms with Crippen LogP contribution in [0.2, 0.25) is 0 Å². The number of fused-ring (bicyclic) bond motifs is 1. The van der Waals surface area contributed by atoms with Crippen molar-refractivity contribution in [2.24, 2.45) is 11.1 Å². The van der Waals surface area contributed by atoms with E-state index in [2.05, 4.69) is 10.5 Å². The van der Waals surface area contributed by atoms with Crippen LogP contribution in [0.25, 0.3) is 0 Å². The minimum atomic E-state index is -0.829. The van der Waals surface area contributed by atoms with Crippen LogP contribution < -0.4 is 10.1 Å². The highest BCUT2D eigenvalue weighted by Gasteiger charge is 2.30. The number of anilines is 1. The van der Waals surface area contributed by atoms with Crippen molar-refractivity contribution in [2.75, 3.05) is 11.9 Å². The van der Waals surface area contributed by atoms with Gasteiger partial charge in [-0.2, -0.15) is 0 Å². The Balaban J connectivity index is 1.69. The van der Waals surface area contributed by atoms with Gasteiger partial charge in [-0.25, -0.2) is 0 Å². The summed E-state index contributed by atoms with van der Waals surface area (Å²) < 4.78 is 5.99. The van der Waals surface area contributed by atoms with Crippen LogP contribution in [-0.2, 0) is 16.1 Å². The fourth-order valence-corrected chi connectivity index (χ4v) is 3.55. The Bertz CT molecular complexity index is 924. The molecule has 7 nitrogen and oxygen atoms in total. The van der Waals surface area contributed by atoms with Crippen molar-refractivity contribution in [3.8, 4) is 5.75 Å². The molecule has 3 rings (SSSR count). The number of nitrogens with zero attached hydrogens (tertiary/aromatic N) is 1. The Morgan fingerprint density at radius 3 is 2.67 bits per heavy atom. The van der Waals surface area contributed by atoms with Crippen LogP contribution in [0.4, 0.5) is 5.69 Å². The molecule has 2 aromatic carbocycles. The van der Waals surface area contributed by atoms with Gasteiger partial charge in [0.25, 0.3) is 5.91 Å². The maximum absolute atomic E-state index is 12.6. The summed E-state index contributed by atoms with van der Waals surface area (Å²) >= 11 is 0. The average Bonchev–Trinajstić information content (AvgIpc) is 2.73. The van der Waals surface area contributed by atoms with Crippen molar-refractivity contribution < 1.29 is 24.3 Å². The number of aliphatic carboxylic acids is 1. The van der Waals surface area contributed by atoms with Crippen LogP contribution in [0.1, 0.15) is 48.2 Å². The number of hydrogen-bond acceptors (Lipinski definition) is 5. The Kier molecular flexibility index (Phi) is 7.06. The van der Waals surface area contributed by atoms with Crippen molar-refractivity contribution in [3.63, 3.8) is 0 Å². The lowest BCUT2D eigenvalue weighted by atomic mass is 9.87. The van der Waals surface area contributed by atoms with Crippen LogP contribution in [0.5, 0.6) is 5.75 Å². The summed E-state index contributed by atoms with van der Waals surface area (Å²) in [5.74, 6) is -0.394. The van der Waals surface area contributed by atoms with E-state index in [1.54, 1.807) is 36.5 Å². The third-order valence-electron chi connectivity index (χ3n) is 5.02. The van der Waals surface area contributed by atoms with Gasteiger partial charge in [0.2, 0.25) is 0 Å². The first-order chi connectivity index (χ1) is 14.5. The minimum Gasteiger partial charge on any atom is -0.490 e. The molecule has 2 aromatic rings. The smallest absolute Gasteiger partial charge is 0.303 e. The predicted octanol–water partition coefficient (Wildman–Crippen LogP) is 4.11. The van der Waals surface area contributed by atoms with E-state index in [1.807, 2.05) is 26.0 Å². The largest absolute Gasteiger partial charge is 0.490 e. The molecule has 2 N–H and O–H groups in total. The van der Waals surface area contributed by atoms with E-state index in [1.165, 1.54) is 0 Å². The fraction of sp³-hybridized carbons (Fsp3) is 0.348. The van der Waals surface area contributed by atoms with Crippen LogP contribution in [0.15, 0.2) is 47.6 Å². The number of carbonyl (C=O) groups excluding carboxylic acids is 1. The molecular weight excluding hydrogens is 384 g/mol. The molecule has 2 atom stereocenters. The van der Waals surface area contributed by atoms with Gasteiger partial charge >= 0.3 is 5.97 Å². The molecule has 30 heavy (non-hydrogen) atoms. The second-order valence-electron chi connectivity index (χ2n) is 7.18. The summed E-state index contributed by atoms with van der Waals surface area (Å²) in [6.07, 6.45) is 2.90. The molecule has 0 spiro atoms. The first kappa shape index (κ1) is 21.4. The molecule has 0 aliphatic carbocycles. The summed E-state index contributed by atoms with van der Waals surface area (Å²) in [5.41, 5.74) is 2.91. The zero-order chi connectivity index (χ0) is 21.5. The monoisotopic (exact) mass is 410 g/mol. The number of carboxylic acid groups (broad SMARTS) is 1. The lowest BCUT2D eigenvalue weighted by Crippen LogP contribution is -2.34. The summed E-state index contributed by atoms with van der Waals surface area (Å²) in [7, 11) is 0. The molecule has 0 saturated carbocycles. The molecular formula is C23H26N2O5. The van der Waals surface area contributed by atoms with E-state index in [9.17, 15) is 14.7 Å². The topological polar surface area (TPSA) is 97.2 Å². The molecule has 7 heteroatoms. The quantitative estimate of drug-likeness (QED) is 0.504. The number of benzene rings is 2. The first-order valence-corrected chi connectivity index (χ1v) is 10.1. The van der Waals surface area contributed by atoms with Crippen molar-refractivity contribution in [2.45, 2.75) is 39.2 Å². The molecule has 1 aliphatic heterocycles.